The number of benzene rings is 1. The SMILES string of the molecule is Cc1cc(=O)n2nc(NCC3Cc4ccccc4CN3)sc2n1. The first kappa shape index (κ1) is 14.3. The standard InChI is InChI=1S/C16H17N5OS/c1-10-6-14(22)21-16(19-10)23-15(20-21)18-9-13-7-11-4-2-3-5-12(11)8-17-13/h2-6,13,17H,7-9H2,1H3,(H,18,20). The third kappa shape index (κ3) is 2.85. The fraction of sp³-hybridized carbons (Fsp3) is 0.312. The van der Waals surface area contributed by atoms with Crippen LogP contribution in [0.5, 0.6) is 0 Å². The van der Waals surface area contributed by atoms with Crippen molar-refractivity contribution in [3.05, 3.63) is 57.5 Å². The average molecular weight is 327 g/mol. The van der Waals surface area contributed by atoms with Crippen LogP contribution in [0.2, 0.25) is 0 Å². The Hall–Kier alpha value is -2.25. The maximum absolute atomic E-state index is 11.9. The quantitative estimate of drug-likeness (QED) is 0.764. The predicted octanol–water partition coefficient (Wildman–Crippen LogP) is 1.59. The van der Waals surface area contributed by atoms with E-state index in [0.29, 0.717) is 11.0 Å². The van der Waals surface area contributed by atoms with E-state index in [1.165, 1.54) is 33.0 Å². The van der Waals surface area contributed by atoms with Crippen LogP contribution < -0.4 is 16.2 Å². The Kier molecular flexibility index (Phi) is 3.59. The number of fused-ring (bicyclic) bond motifs is 2. The molecule has 7 heteroatoms. The van der Waals surface area contributed by atoms with Crippen molar-refractivity contribution >= 4 is 21.4 Å². The van der Waals surface area contributed by atoms with Crippen LogP contribution >= 0.6 is 11.3 Å². The Balaban J connectivity index is 1.48. The van der Waals surface area contributed by atoms with Crippen molar-refractivity contribution in [2.45, 2.75) is 25.9 Å². The fourth-order valence-electron chi connectivity index (χ4n) is 2.87. The van der Waals surface area contributed by atoms with Crippen LogP contribution in [-0.2, 0) is 13.0 Å². The second-order valence-electron chi connectivity index (χ2n) is 5.77. The molecule has 1 aliphatic rings. The minimum atomic E-state index is -0.137. The lowest BCUT2D eigenvalue weighted by Crippen LogP contribution is -2.40. The van der Waals surface area contributed by atoms with E-state index < -0.39 is 0 Å². The Morgan fingerprint density at radius 1 is 1.39 bits per heavy atom. The first-order chi connectivity index (χ1) is 11.2. The molecule has 1 aliphatic heterocycles. The van der Waals surface area contributed by atoms with Crippen molar-refractivity contribution in [2.24, 2.45) is 0 Å². The van der Waals surface area contributed by atoms with Gasteiger partial charge in [-0.25, -0.2) is 4.98 Å². The zero-order valence-corrected chi connectivity index (χ0v) is 13.6. The zero-order valence-electron chi connectivity index (χ0n) is 12.7. The van der Waals surface area contributed by atoms with Gasteiger partial charge in [-0.1, -0.05) is 35.6 Å². The van der Waals surface area contributed by atoms with E-state index >= 15 is 0 Å². The molecule has 6 nitrogen and oxygen atoms in total. The van der Waals surface area contributed by atoms with Crippen LogP contribution in [0.15, 0.2) is 35.1 Å². The molecule has 1 aromatic carbocycles. The van der Waals surface area contributed by atoms with Crippen LogP contribution in [0.1, 0.15) is 16.8 Å². The van der Waals surface area contributed by atoms with Gasteiger partial charge in [0.1, 0.15) is 0 Å². The van der Waals surface area contributed by atoms with E-state index in [0.717, 1.165) is 30.3 Å². The van der Waals surface area contributed by atoms with E-state index in [2.05, 4.69) is 45.0 Å². The lowest BCUT2D eigenvalue weighted by Gasteiger charge is -2.26. The van der Waals surface area contributed by atoms with Crippen LogP contribution in [0.4, 0.5) is 5.13 Å². The minimum Gasteiger partial charge on any atom is -0.359 e. The van der Waals surface area contributed by atoms with Gasteiger partial charge in [0.25, 0.3) is 5.56 Å². The van der Waals surface area contributed by atoms with Gasteiger partial charge >= 0.3 is 0 Å². The van der Waals surface area contributed by atoms with Crippen LogP contribution in [-0.4, -0.2) is 27.2 Å². The monoisotopic (exact) mass is 327 g/mol. The highest BCUT2D eigenvalue weighted by Gasteiger charge is 2.17. The second kappa shape index (κ2) is 5.75. The second-order valence-corrected chi connectivity index (χ2v) is 6.72. The van der Waals surface area contributed by atoms with E-state index in [1.54, 1.807) is 0 Å². The van der Waals surface area contributed by atoms with E-state index in [-0.39, 0.29) is 5.56 Å². The molecule has 0 spiro atoms. The number of hydrogen-bond donors (Lipinski definition) is 2. The van der Waals surface area contributed by atoms with Gasteiger partial charge in [-0.2, -0.15) is 4.52 Å². The molecule has 118 valence electrons. The molecule has 4 rings (SSSR count). The van der Waals surface area contributed by atoms with Crippen LogP contribution in [0, 0.1) is 6.92 Å². The van der Waals surface area contributed by atoms with Gasteiger partial charge in [-0.15, -0.1) is 5.10 Å². The number of aromatic nitrogens is 3. The first-order valence-corrected chi connectivity index (χ1v) is 8.42. The van der Waals surface area contributed by atoms with Crippen molar-refractivity contribution in [1.29, 1.82) is 0 Å². The molecule has 2 aromatic heterocycles. The molecule has 3 heterocycles. The highest BCUT2D eigenvalue weighted by atomic mass is 32.1. The lowest BCUT2D eigenvalue weighted by molar-refractivity contribution is 0.497. The fourth-order valence-corrected chi connectivity index (χ4v) is 3.73. The number of aryl methyl sites for hydroxylation is 1. The average Bonchev–Trinajstić information content (AvgIpc) is 2.96. The third-order valence-corrected chi connectivity index (χ3v) is 4.90. The third-order valence-electron chi connectivity index (χ3n) is 4.04. The summed E-state index contributed by atoms with van der Waals surface area (Å²) in [6.45, 7) is 3.47. The van der Waals surface area contributed by atoms with Crippen molar-refractivity contribution in [1.82, 2.24) is 19.9 Å². The normalized spacial score (nSPS) is 17.2. The molecule has 0 bridgehead atoms. The molecule has 1 atom stereocenters. The van der Waals surface area contributed by atoms with Crippen molar-refractivity contribution in [3.8, 4) is 0 Å². The summed E-state index contributed by atoms with van der Waals surface area (Å²) in [4.78, 5) is 16.9. The van der Waals surface area contributed by atoms with Crippen molar-refractivity contribution in [3.63, 3.8) is 0 Å². The maximum Gasteiger partial charge on any atom is 0.275 e. The van der Waals surface area contributed by atoms with Crippen molar-refractivity contribution < 1.29 is 0 Å². The number of nitrogens with one attached hydrogen (secondary N) is 2. The summed E-state index contributed by atoms with van der Waals surface area (Å²) >= 11 is 1.40. The highest BCUT2D eigenvalue weighted by Crippen LogP contribution is 2.19. The largest absolute Gasteiger partial charge is 0.359 e. The number of nitrogens with zero attached hydrogens (tertiary/aromatic N) is 3. The Bertz CT molecular complexity index is 916. The molecule has 0 amide bonds. The molecule has 1 unspecified atom stereocenters. The molecule has 0 saturated heterocycles. The first-order valence-electron chi connectivity index (χ1n) is 7.60. The summed E-state index contributed by atoms with van der Waals surface area (Å²) in [6.07, 6.45) is 0.991. The number of rotatable bonds is 3. The number of anilines is 1. The smallest absolute Gasteiger partial charge is 0.275 e. The van der Waals surface area contributed by atoms with Crippen LogP contribution in [0.25, 0.3) is 4.96 Å². The summed E-state index contributed by atoms with van der Waals surface area (Å²) in [7, 11) is 0. The summed E-state index contributed by atoms with van der Waals surface area (Å²) in [5.41, 5.74) is 3.35. The van der Waals surface area contributed by atoms with Gasteiger partial charge in [0.15, 0.2) is 0 Å². The van der Waals surface area contributed by atoms with Gasteiger partial charge in [0.05, 0.1) is 0 Å². The Labute approximate surface area is 137 Å². The Morgan fingerprint density at radius 2 is 2.22 bits per heavy atom. The summed E-state index contributed by atoms with van der Waals surface area (Å²) < 4.78 is 1.35. The van der Waals surface area contributed by atoms with E-state index in [1.807, 2.05) is 6.92 Å². The molecule has 3 aromatic rings. The molecule has 0 radical (unpaired) electrons. The van der Waals surface area contributed by atoms with Gasteiger partial charge in [-0.05, 0) is 24.5 Å². The number of hydrogen-bond acceptors (Lipinski definition) is 6. The highest BCUT2D eigenvalue weighted by molar-refractivity contribution is 7.20. The van der Waals surface area contributed by atoms with E-state index in [4.69, 9.17) is 0 Å². The minimum absolute atomic E-state index is 0.137. The summed E-state index contributed by atoms with van der Waals surface area (Å²) in [6, 6.07) is 10.4. The van der Waals surface area contributed by atoms with Gasteiger partial charge < -0.3 is 10.6 Å². The van der Waals surface area contributed by atoms with Crippen molar-refractivity contribution in [2.75, 3.05) is 11.9 Å². The topological polar surface area (TPSA) is 71.3 Å². The Morgan fingerprint density at radius 3 is 3.09 bits per heavy atom. The molecule has 23 heavy (non-hydrogen) atoms. The maximum atomic E-state index is 11.9. The van der Waals surface area contributed by atoms with Crippen LogP contribution in [0.3, 0.4) is 0 Å². The van der Waals surface area contributed by atoms with E-state index in [9.17, 15) is 4.79 Å². The van der Waals surface area contributed by atoms with Gasteiger partial charge in [0, 0.05) is 30.9 Å². The molecule has 2 N–H and O–H groups in total. The molecule has 0 aliphatic carbocycles. The van der Waals surface area contributed by atoms with Gasteiger partial charge in [-0.3, -0.25) is 4.79 Å². The summed E-state index contributed by atoms with van der Waals surface area (Å²) in [5, 5.41) is 11.9. The predicted molar refractivity (Wildman–Crippen MR) is 91.1 cm³/mol. The zero-order chi connectivity index (χ0) is 15.8. The summed E-state index contributed by atoms with van der Waals surface area (Å²) in [5.74, 6) is 0. The molecular weight excluding hydrogens is 310 g/mol. The molecule has 0 saturated carbocycles. The molecular formula is C16H17N5OS. The van der Waals surface area contributed by atoms with Gasteiger partial charge in [0.2, 0.25) is 10.1 Å². The lowest BCUT2D eigenvalue weighted by atomic mass is 9.96. The molecule has 0 fully saturated rings.